The molecule has 4 fully saturated rings. The van der Waals surface area contributed by atoms with Gasteiger partial charge in [0.25, 0.3) is 11.8 Å². The fraction of sp³-hybridized carbons (Fsp3) is 0.581. The second kappa shape index (κ2) is 19.9. The van der Waals surface area contributed by atoms with Crippen LogP contribution in [0, 0.1) is 40.4 Å². The number of phenols is 1. The lowest BCUT2D eigenvalue weighted by molar-refractivity contribution is -0.149. The molecule has 0 unspecified atom stereocenters. The first-order valence-electron chi connectivity index (χ1n) is 29.5. The largest absolute Gasteiger partial charge is 0.510 e. The van der Waals surface area contributed by atoms with Crippen LogP contribution in [0.1, 0.15) is 114 Å². The lowest BCUT2D eigenvalue weighted by Crippen LogP contribution is -2.63. The number of likely N-dealkylation sites (N-methyl/N-ethyl adjacent to an activating group) is 2. The van der Waals surface area contributed by atoms with Gasteiger partial charge in [0.1, 0.15) is 39.9 Å². The topological polar surface area (TPSA) is 334 Å². The number of allylic oxidation sites excluding steroid dienone is 2. The average molecular weight is 1160 g/mol. The number of amides is 2. The Kier molecular flexibility index (Phi) is 13.6. The van der Waals surface area contributed by atoms with Crippen molar-refractivity contribution in [3.05, 3.63) is 90.8 Å². The molecule has 1 saturated heterocycles. The first-order chi connectivity index (χ1) is 39.6. The van der Waals surface area contributed by atoms with Gasteiger partial charge in [-0.25, -0.2) is 5.06 Å². The Labute approximate surface area is 487 Å². The summed E-state index contributed by atoms with van der Waals surface area (Å²) in [6.07, 6.45) is 10.0. The van der Waals surface area contributed by atoms with Gasteiger partial charge in [-0.15, -0.1) is 0 Å². The van der Waals surface area contributed by atoms with E-state index in [1.807, 2.05) is 25.1 Å². The molecule has 12 rings (SSSR count). The average Bonchev–Trinajstić information content (AvgIpc) is 0.991. The summed E-state index contributed by atoms with van der Waals surface area (Å²) in [6, 6.07) is 1.30. The number of rotatable bonds is 14. The molecule has 2 aromatic rings. The van der Waals surface area contributed by atoms with E-state index in [0.717, 1.165) is 45.2 Å². The SMILES string of the molecule is CN(C)c1cc(CNCC2CCC3(CC2)CC3)c(ON(C)c2cc(CN3CC4(CCC4)C3)c(O)c3c2C[C@H]2C[C@H]4[C@H](N(C)C)C(O)=C(C(N)=O)C(=O)[C@@]4(O)C(O)=C2C3=O)c2c1C[C@H]1C[C@H]3[C@H](N(C)C)C(O)=C(C(N)=O)C(=O)[C@@]3(O)C(O)=C1C2=O. The van der Waals surface area contributed by atoms with E-state index in [-0.39, 0.29) is 83.5 Å². The van der Waals surface area contributed by atoms with Crippen molar-refractivity contribution in [2.45, 2.75) is 120 Å². The molecule has 10 aliphatic rings. The highest BCUT2D eigenvalue weighted by Crippen LogP contribution is 2.59. The van der Waals surface area contributed by atoms with Crippen LogP contribution in [0.3, 0.4) is 0 Å². The molecule has 22 heteroatoms. The number of benzene rings is 2. The lowest BCUT2D eigenvalue weighted by Gasteiger charge is -2.56. The summed E-state index contributed by atoms with van der Waals surface area (Å²) in [4.78, 5) is 99.7. The fourth-order valence-corrected chi connectivity index (χ4v) is 16.7. The normalized spacial score (nSPS) is 30.4. The minimum absolute atomic E-state index is 0.0240. The lowest BCUT2D eigenvalue weighted by atomic mass is 9.58. The van der Waals surface area contributed by atoms with E-state index in [1.165, 1.54) is 40.5 Å². The summed E-state index contributed by atoms with van der Waals surface area (Å²) >= 11 is 0. The number of anilines is 2. The van der Waals surface area contributed by atoms with Crippen LogP contribution in [-0.4, -0.2) is 178 Å². The Morgan fingerprint density at radius 1 is 0.667 bits per heavy atom. The quantitative estimate of drug-likeness (QED) is 0.0957. The third kappa shape index (κ3) is 8.38. The summed E-state index contributed by atoms with van der Waals surface area (Å²) in [5.41, 5.74) is 6.26. The number of nitrogens with two attached hydrogens (primary N) is 2. The third-order valence-electron chi connectivity index (χ3n) is 21.4. The zero-order valence-electron chi connectivity index (χ0n) is 48.8. The molecule has 84 heavy (non-hydrogen) atoms. The van der Waals surface area contributed by atoms with E-state index in [9.17, 15) is 54.9 Å². The number of carbonyl (C=O) groups excluding carboxylic acids is 6. The summed E-state index contributed by atoms with van der Waals surface area (Å²) in [6.45, 7) is 2.57. The van der Waals surface area contributed by atoms with Gasteiger partial charge in [0.2, 0.25) is 11.6 Å². The van der Waals surface area contributed by atoms with Crippen molar-refractivity contribution in [3.8, 4) is 11.5 Å². The predicted octanol–water partition coefficient (Wildman–Crippen LogP) is 3.39. The third-order valence-corrected chi connectivity index (χ3v) is 21.4. The molecule has 0 bridgehead atoms. The van der Waals surface area contributed by atoms with Gasteiger partial charge in [-0.3, -0.25) is 43.5 Å². The second-order valence-electron chi connectivity index (χ2n) is 27.0. The van der Waals surface area contributed by atoms with Crippen LogP contribution >= 0.6 is 0 Å². The number of aliphatic hydroxyl groups excluding tert-OH is 4. The number of carbonyl (C=O) groups is 6. The Morgan fingerprint density at radius 3 is 1.61 bits per heavy atom. The van der Waals surface area contributed by atoms with Gasteiger partial charge < -0.3 is 62.3 Å². The molecule has 1 aliphatic heterocycles. The minimum Gasteiger partial charge on any atom is -0.510 e. The van der Waals surface area contributed by atoms with Crippen LogP contribution in [0.25, 0.3) is 0 Å². The van der Waals surface area contributed by atoms with E-state index in [2.05, 4.69) is 10.2 Å². The van der Waals surface area contributed by atoms with Crippen molar-refractivity contribution in [1.82, 2.24) is 20.0 Å². The highest BCUT2D eigenvalue weighted by atomic mass is 16.7. The Morgan fingerprint density at radius 2 is 1.15 bits per heavy atom. The molecular formula is C62H78N8O14. The zero-order valence-corrected chi connectivity index (χ0v) is 48.8. The molecular weight excluding hydrogens is 1080 g/mol. The number of ketones is 4. The van der Waals surface area contributed by atoms with Crippen molar-refractivity contribution in [1.29, 1.82) is 0 Å². The molecule has 0 aromatic heterocycles. The molecule has 3 saturated carbocycles. The van der Waals surface area contributed by atoms with Gasteiger partial charge in [0, 0.05) is 87.1 Å². The second-order valence-corrected chi connectivity index (χ2v) is 27.0. The van der Waals surface area contributed by atoms with Crippen LogP contribution in [0.2, 0.25) is 0 Å². The van der Waals surface area contributed by atoms with E-state index < -0.39 is 116 Å². The van der Waals surface area contributed by atoms with Gasteiger partial charge >= 0.3 is 0 Å². The first kappa shape index (κ1) is 57.6. The monoisotopic (exact) mass is 1160 g/mol. The number of phenolic OH excluding ortho intramolecular Hbond substituents is 1. The minimum atomic E-state index is -2.86. The molecule has 9 aliphatic carbocycles. The van der Waals surface area contributed by atoms with Crippen molar-refractivity contribution in [2.75, 3.05) is 78.9 Å². The van der Waals surface area contributed by atoms with Crippen molar-refractivity contribution >= 4 is 46.3 Å². The number of aromatic hydroxyl groups is 1. The zero-order chi connectivity index (χ0) is 60.3. The van der Waals surface area contributed by atoms with Crippen LogP contribution in [0.15, 0.2) is 57.5 Å². The number of hydrogen-bond acceptors (Lipinski definition) is 20. The van der Waals surface area contributed by atoms with E-state index in [4.69, 9.17) is 16.3 Å². The summed E-state index contributed by atoms with van der Waals surface area (Å²) in [7, 11) is 11.6. The maximum absolute atomic E-state index is 15.9. The van der Waals surface area contributed by atoms with Gasteiger partial charge in [-0.2, -0.15) is 0 Å². The number of fused-ring (bicyclic) bond motifs is 6. The number of nitrogens with one attached hydrogen (secondary N) is 1. The molecule has 450 valence electrons. The van der Waals surface area contributed by atoms with Crippen molar-refractivity contribution in [3.63, 3.8) is 0 Å². The summed E-state index contributed by atoms with van der Waals surface area (Å²) in [5.74, 6) is -14.4. The number of primary amides is 2. The van der Waals surface area contributed by atoms with Gasteiger partial charge in [0.15, 0.2) is 28.5 Å². The number of hydrogen-bond donors (Lipinski definition) is 10. The molecule has 22 nitrogen and oxygen atoms in total. The van der Waals surface area contributed by atoms with E-state index in [1.54, 1.807) is 41.3 Å². The van der Waals surface area contributed by atoms with Crippen LogP contribution in [0.4, 0.5) is 11.4 Å². The van der Waals surface area contributed by atoms with Crippen molar-refractivity contribution in [2.24, 2.45) is 51.9 Å². The van der Waals surface area contributed by atoms with Crippen LogP contribution in [0.5, 0.6) is 11.5 Å². The predicted molar refractivity (Wildman–Crippen MR) is 306 cm³/mol. The number of aliphatic hydroxyl groups is 6. The molecule has 12 N–H and O–H groups in total. The number of nitrogens with zero attached hydrogens (tertiary/aromatic N) is 5. The van der Waals surface area contributed by atoms with E-state index in [0.29, 0.717) is 45.9 Å². The Balaban J connectivity index is 0.996. The first-order valence-corrected chi connectivity index (χ1v) is 29.5. The van der Waals surface area contributed by atoms with Gasteiger partial charge in [-0.05, 0) is 164 Å². The Hall–Kier alpha value is -6.82. The Bertz CT molecular complexity index is 3410. The fourth-order valence-electron chi connectivity index (χ4n) is 16.7. The van der Waals surface area contributed by atoms with Crippen molar-refractivity contribution < 1.29 is 69.4 Å². The van der Waals surface area contributed by atoms with E-state index >= 15 is 9.59 Å². The highest BCUT2D eigenvalue weighted by Gasteiger charge is 2.65. The standard InChI is InChI=1S/C62H78N8O14/c1-66(2)37-21-31(24-65-23-28-9-13-59(14-10-28)15-16-59)52(42-33(37)17-29-19-35-45(67(3)4)51(75)44(58(64)81)56(79)62(35,83)54(77)40(29)49(42)73)84-69(7)38-22-32(25-70-26-60(27-70)11-8-12-60)47(71)41-34(38)18-30-20-36-46(68(5)6)50(74)43(57(63)80)55(78)61(36,82)53(76)39(30)48(41)72/h21-22,28-30,35-36,45-46,65,71,74-77,82-83H,8-20,23-27H2,1-7H3,(H2,63,80)(H2,64,81)/t29-,30-,35-,36-,45-,46-,61-,62-/m0/s1. The molecule has 2 spiro atoms. The number of hydroxylamine groups is 1. The van der Waals surface area contributed by atoms with Crippen LogP contribution < -0.4 is 31.6 Å². The molecule has 0 radical (unpaired) electrons. The molecule has 2 aromatic carbocycles. The number of Topliss-reactive ketones (excluding diaryl/α,β-unsaturated/α-hetero) is 4. The molecule has 2 amide bonds. The highest BCUT2D eigenvalue weighted by molar-refractivity contribution is 6.26. The summed E-state index contributed by atoms with van der Waals surface area (Å²) < 4.78 is 0. The maximum Gasteiger partial charge on any atom is 0.255 e. The number of likely N-dealkylation sites (tertiary alicyclic amines) is 1. The van der Waals surface area contributed by atoms with Gasteiger partial charge in [0.05, 0.1) is 28.9 Å². The molecule has 8 atom stereocenters. The van der Waals surface area contributed by atoms with Crippen LogP contribution in [-0.2, 0) is 45.1 Å². The van der Waals surface area contributed by atoms with Gasteiger partial charge in [-0.1, -0.05) is 6.42 Å². The smallest absolute Gasteiger partial charge is 0.255 e. The summed E-state index contributed by atoms with van der Waals surface area (Å²) in [5, 5.41) is 90.3. The maximum atomic E-state index is 15.9. The molecule has 1 heterocycles.